The Bertz CT molecular complexity index is 889. The smallest absolute Gasteiger partial charge is 0.285 e. The number of hydrogen-bond donors (Lipinski definition) is 0. The first-order chi connectivity index (χ1) is 9.79. The van der Waals surface area contributed by atoms with Crippen molar-refractivity contribution in [3.63, 3.8) is 0 Å². The summed E-state index contributed by atoms with van der Waals surface area (Å²) in [6.45, 7) is 0. The number of carbonyl (C=O) groups excluding carboxylic acids is 1. The molecule has 2 aromatic rings. The van der Waals surface area contributed by atoms with Crippen LogP contribution in [0.1, 0.15) is 5.56 Å². The molecular formula is C12H8ClFN3O3S. The summed E-state index contributed by atoms with van der Waals surface area (Å²) in [6.07, 6.45) is 1.51. The minimum atomic E-state index is -0.921. The fourth-order valence-corrected chi connectivity index (χ4v) is 2.11. The third-order valence-corrected chi connectivity index (χ3v) is 3.78. The summed E-state index contributed by atoms with van der Waals surface area (Å²) in [5.74, 6) is -0.921. The van der Waals surface area contributed by atoms with Crippen molar-refractivity contribution in [2.45, 2.75) is 0 Å². The van der Waals surface area contributed by atoms with Crippen molar-refractivity contribution in [2.24, 2.45) is 14.1 Å². The lowest BCUT2D eigenvalue weighted by Crippen LogP contribution is -2.43. The normalized spacial score (nSPS) is 10.7. The van der Waals surface area contributed by atoms with Crippen molar-refractivity contribution in [1.29, 1.82) is 0 Å². The third-order valence-electron chi connectivity index (χ3n) is 2.92. The second-order valence-electron chi connectivity index (χ2n) is 4.19. The van der Waals surface area contributed by atoms with Crippen LogP contribution in [-0.2, 0) is 18.9 Å². The minimum absolute atomic E-state index is 0.0159. The second kappa shape index (κ2) is 5.38. The van der Waals surface area contributed by atoms with Gasteiger partial charge in [-0.15, -0.1) is 0 Å². The molecule has 0 fully saturated rings. The molecule has 109 valence electrons. The number of benzene rings is 1. The molecule has 0 spiro atoms. The van der Waals surface area contributed by atoms with Gasteiger partial charge < -0.3 is 0 Å². The highest BCUT2D eigenvalue weighted by atomic mass is 35.5. The molecular weight excluding hydrogens is 321 g/mol. The topological polar surface area (TPSA) is 66.0 Å². The number of hydrogen-bond acceptors (Lipinski definition) is 4. The molecule has 0 bridgehead atoms. The van der Waals surface area contributed by atoms with Crippen LogP contribution in [0.2, 0.25) is 5.02 Å². The van der Waals surface area contributed by atoms with E-state index < -0.39 is 22.9 Å². The van der Waals surface area contributed by atoms with Gasteiger partial charge in [-0.25, -0.2) is 18.5 Å². The SMILES string of the molecule is Cn1c(=S)n(C)c(=O)n(-c2cc([C]=O)c(Cl)cc2F)c1=O. The number of halogens is 2. The predicted molar refractivity (Wildman–Crippen MR) is 76.8 cm³/mol. The van der Waals surface area contributed by atoms with E-state index >= 15 is 0 Å². The van der Waals surface area contributed by atoms with Gasteiger partial charge in [0.25, 0.3) is 0 Å². The van der Waals surface area contributed by atoms with Gasteiger partial charge in [0.15, 0.2) is 4.77 Å². The molecule has 1 aromatic carbocycles. The molecule has 0 saturated carbocycles. The van der Waals surface area contributed by atoms with Crippen LogP contribution in [0.3, 0.4) is 0 Å². The number of rotatable bonds is 2. The summed E-state index contributed by atoms with van der Waals surface area (Å²) < 4.78 is 16.6. The van der Waals surface area contributed by atoms with Crippen molar-refractivity contribution in [2.75, 3.05) is 0 Å². The highest BCUT2D eigenvalue weighted by Crippen LogP contribution is 2.20. The van der Waals surface area contributed by atoms with E-state index in [0.717, 1.165) is 21.3 Å². The molecule has 0 N–H and O–H groups in total. The zero-order valence-corrected chi connectivity index (χ0v) is 12.5. The molecule has 9 heteroatoms. The Hall–Kier alpha value is -2.06. The molecule has 0 atom stereocenters. The van der Waals surface area contributed by atoms with Crippen LogP contribution >= 0.6 is 23.8 Å². The highest BCUT2D eigenvalue weighted by Gasteiger charge is 2.16. The molecule has 0 amide bonds. The first-order valence-corrected chi connectivity index (χ1v) is 6.35. The van der Waals surface area contributed by atoms with Gasteiger partial charge in [0, 0.05) is 19.7 Å². The van der Waals surface area contributed by atoms with Gasteiger partial charge in [-0.2, -0.15) is 0 Å². The first-order valence-electron chi connectivity index (χ1n) is 5.56. The summed E-state index contributed by atoms with van der Waals surface area (Å²) in [6, 6.07) is 1.82. The fraction of sp³-hybridized carbons (Fsp3) is 0.167. The average Bonchev–Trinajstić information content (AvgIpc) is 2.45. The third kappa shape index (κ3) is 2.36. The zero-order chi connectivity index (χ0) is 15.9. The van der Waals surface area contributed by atoms with Gasteiger partial charge in [-0.05, 0) is 24.4 Å². The fourth-order valence-electron chi connectivity index (χ4n) is 1.76. The lowest BCUT2D eigenvalue weighted by atomic mass is 10.2. The molecule has 6 nitrogen and oxygen atoms in total. The van der Waals surface area contributed by atoms with Crippen molar-refractivity contribution < 1.29 is 9.18 Å². The van der Waals surface area contributed by atoms with E-state index in [1.54, 1.807) is 0 Å². The monoisotopic (exact) mass is 328 g/mol. The van der Waals surface area contributed by atoms with Crippen LogP contribution in [0.25, 0.3) is 5.69 Å². The minimum Gasteiger partial charge on any atom is -0.285 e. The maximum atomic E-state index is 14.0. The number of nitrogens with zero attached hydrogens (tertiary/aromatic N) is 3. The Morgan fingerprint density at radius 3 is 2.19 bits per heavy atom. The Morgan fingerprint density at radius 2 is 1.71 bits per heavy atom. The van der Waals surface area contributed by atoms with Crippen molar-refractivity contribution >= 4 is 30.1 Å². The van der Waals surface area contributed by atoms with Crippen molar-refractivity contribution in [1.82, 2.24) is 13.7 Å². The number of aromatic nitrogens is 3. The largest absolute Gasteiger partial charge is 0.338 e. The average molecular weight is 329 g/mol. The highest BCUT2D eigenvalue weighted by molar-refractivity contribution is 7.71. The Kier molecular flexibility index (Phi) is 3.93. The van der Waals surface area contributed by atoms with Crippen LogP contribution in [0.5, 0.6) is 0 Å². The summed E-state index contributed by atoms with van der Waals surface area (Å²) in [5.41, 5.74) is -2.22. The maximum absolute atomic E-state index is 14.0. The Morgan fingerprint density at radius 1 is 1.19 bits per heavy atom. The van der Waals surface area contributed by atoms with Crippen LogP contribution in [0.4, 0.5) is 4.39 Å². The van der Waals surface area contributed by atoms with Gasteiger partial charge in [-0.3, -0.25) is 13.9 Å². The molecule has 0 unspecified atom stereocenters. The van der Waals surface area contributed by atoms with Crippen LogP contribution in [-0.4, -0.2) is 20.0 Å². The molecule has 21 heavy (non-hydrogen) atoms. The van der Waals surface area contributed by atoms with Crippen molar-refractivity contribution in [3.8, 4) is 5.69 Å². The van der Waals surface area contributed by atoms with E-state index in [0.29, 0.717) is 4.57 Å². The van der Waals surface area contributed by atoms with Crippen molar-refractivity contribution in [3.05, 3.63) is 54.3 Å². The quantitative estimate of drug-likeness (QED) is 0.767. The summed E-state index contributed by atoms with van der Waals surface area (Å²) in [5, 5.41) is -0.166. The van der Waals surface area contributed by atoms with E-state index in [9.17, 15) is 18.8 Å². The van der Waals surface area contributed by atoms with Crippen LogP contribution in [0.15, 0.2) is 21.7 Å². The second-order valence-corrected chi connectivity index (χ2v) is 4.96. The van der Waals surface area contributed by atoms with E-state index in [1.807, 2.05) is 0 Å². The van der Waals surface area contributed by atoms with Crippen LogP contribution in [0, 0.1) is 10.6 Å². The van der Waals surface area contributed by atoms with Gasteiger partial charge in [0.05, 0.1) is 10.7 Å². The van der Waals surface area contributed by atoms with Gasteiger partial charge in [-0.1, -0.05) is 11.6 Å². The van der Waals surface area contributed by atoms with Crippen LogP contribution < -0.4 is 11.4 Å². The van der Waals surface area contributed by atoms with E-state index in [2.05, 4.69) is 0 Å². The summed E-state index contributed by atoms with van der Waals surface area (Å²) in [7, 11) is 2.70. The molecule has 0 aliphatic rings. The van der Waals surface area contributed by atoms with E-state index in [1.165, 1.54) is 20.4 Å². The molecule has 1 heterocycles. The molecule has 0 aliphatic heterocycles. The molecule has 1 aromatic heterocycles. The van der Waals surface area contributed by atoms with Gasteiger partial charge in [0.2, 0.25) is 6.29 Å². The van der Waals surface area contributed by atoms with Gasteiger partial charge in [0.1, 0.15) is 5.82 Å². The molecule has 0 saturated heterocycles. The summed E-state index contributed by atoms with van der Waals surface area (Å²) >= 11 is 10.6. The van der Waals surface area contributed by atoms with Gasteiger partial charge >= 0.3 is 11.4 Å². The maximum Gasteiger partial charge on any atom is 0.338 e. The Labute approximate surface area is 127 Å². The summed E-state index contributed by atoms with van der Waals surface area (Å²) in [4.78, 5) is 35.1. The molecule has 1 radical (unpaired) electrons. The Balaban J connectivity index is 2.99. The predicted octanol–water partition coefficient (Wildman–Crippen LogP) is 0.854. The van der Waals surface area contributed by atoms with E-state index in [4.69, 9.17) is 23.8 Å². The lowest BCUT2D eigenvalue weighted by Gasteiger charge is -2.11. The zero-order valence-electron chi connectivity index (χ0n) is 10.9. The lowest BCUT2D eigenvalue weighted by molar-refractivity contribution is 0.561. The molecule has 0 aliphatic carbocycles. The molecule has 2 rings (SSSR count). The standard InChI is InChI=1S/C12H8ClFN3O3S/c1-15-10(19)17(11(20)16(2)12(15)21)9-3-6(5-18)7(13)4-8(9)14/h3-4H,1-2H3. The van der Waals surface area contributed by atoms with E-state index in [-0.39, 0.29) is 15.4 Å². The first kappa shape index (κ1) is 15.3.